The summed E-state index contributed by atoms with van der Waals surface area (Å²) in [6.45, 7) is 2.76. The van der Waals surface area contributed by atoms with Crippen molar-refractivity contribution in [2.45, 2.75) is 19.4 Å². The molecule has 0 saturated carbocycles. The Labute approximate surface area is 123 Å². The number of carbonyl (C=O) groups is 2. The molecular weight excluding hydrogens is 276 g/mol. The largest absolute Gasteiger partial charge is 0.341 e. The molecule has 1 fully saturated rings. The van der Waals surface area contributed by atoms with Gasteiger partial charge in [0.2, 0.25) is 0 Å². The van der Waals surface area contributed by atoms with Crippen molar-refractivity contribution >= 4 is 23.4 Å². The molecule has 0 spiro atoms. The van der Waals surface area contributed by atoms with Gasteiger partial charge in [-0.25, -0.2) is 0 Å². The van der Waals surface area contributed by atoms with Crippen LogP contribution in [0, 0.1) is 11.8 Å². The van der Waals surface area contributed by atoms with E-state index in [1.165, 1.54) is 0 Å². The van der Waals surface area contributed by atoms with Crippen molar-refractivity contribution in [3.8, 4) is 11.8 Å². The van der Waals surface area contributed by atoms with Crippen molar-refractivity contribution in [2.75, 3.05) is 13.1 Å². The van der Waals surface area contributed by atoms with Crippen molar-refractivity contribution in [1.29, 1.82) is 0 Å². The molecule has 0 aliphatic carbocycles. The SMILES string of the molecule is CC#CC(=O)NC1CCN(C(=O)c2ccc(Cl)cc2)C1. The predicted octanol–water partition coefficient (Wildman–Crippen LogP) is 1.69. The average molecular weight is 291 g/mol. The van der Waals surface area contributed by atoms with Gasteiger partial charge in [0.25, 0.3) is 11.8 Å². The molecule has 1 aromatic carbocycles. The van der Waals surface area contributed by atoms with Crippen molar-refractivity contribution in [3.05, 3.63) is 34.9 Å². The summed E-state index contributed by atoms with van der Waals surface area (Å²) in [5, 5.41) is 3.40. The van der Waals surface area contributed by atoms with Crippen LogP contribution in [0.15, 0.2) is 24.3 Å². The Balaban J connectivity index is 1.95. The second kappa shape index (κ2) is 6.44. The molecule has 1 atom stereocenters. The van der Waals surface area contributed by atoms with E-state index in [0.29, 0.717) is 23.7 Å². The molecule has 1 saturated heterocycles. The topological polar surface area (TPSA) is 49.4 Å². The molecule has 1 aromatic rings. The van der Waals surface area contributed by atoms with Crippen LogP contribution in [0.5, 0.6) is 0 Å². The highest BCUT2D eigenvalue weighted by atomic mass is 35.5. The van der Waals surface area contributed by atoms with Gasteiger partial charge in [-0.1, -0.05) is 17.5 Å². The summed E-state index contributed by atoms with van der Waals surface area (Å²) in [4.78, 5) is 25.4. The summed E-state index contributed by atoms with van der Waals surface area (Å²) in [5.74, 6) is 4.65. The van der Waals surface area contributed by atoms with E-state index in [1.807, 2.05) is 0 Å². The van der Waals surface area contributed by atoms with Crippen molar-refractivity contribution in [2.24, 2.45) is 0 Å². The van der Waals surface area contributed by atoms with Gasteiger partial charge in [-0.3, -0.25) is 9.59 Å². The van der Waals surface area contributed by atoms with E-state index in [0.717, 1.165) is 6.42 Å². The zero-order valence-corrected chi connectivity index (χ0v) is 11.9. The van der Waals surface area contributed by atoms with Crippen LogP contribution >= 0.6 is 11.6 Å². The number of hydrogen-bond acceptors (Lipinski definition) is 2. The van der Waals surface area contributed by atoms with E-state index in [2.05, 4.69) is 17.2 Å². The quantitative estimate of drug-likeness (QED) is 0.843. The molecule has 1 aliphatic heterocycles. The molecule has 2 amide bonds. The highest BCUT2D eigenvalue weighted by Gasteiger charge is 2.27. The number of amides is 2. The summed E-state index contributed by atoms with van der Waals surface area (Å²) in [7, 11) is 0. The Morgan fingerprint density at radius 2 is 2.05 bits per heavy atom. The fourth-order valence-electron chi connectivity index (χ4n) is 2.17. The number of rotatable bonds is 2. The third-order valence-corrected chi connectivity index (χ3v) is 3.39. The minimum absolute atomic E-state index is 0.0281. The van der Waals surface area contributed by atoms with E-state index < -0.39 is 0 Å². The van der Waals surface area contributed by atoms with Gasteiger partial charge in [0.05, 0.1) is 0 Å². The second-order valence-electron chi connectivity index (χ2n) is 4.59. The zero-order chi connectivity index (χ0) is 14.5. The Morgan fingerprint density at radius 3 is 2.70 bits per heavy atom. The van der Waals surface area contributed by atoms with E-state index >= 15 is 0 Å². The molecule has 4 nitrogen and oxygen atoms in total. The first-order chi connectivity index (χ1) is 9.60. The molecule has 1 unspecified atom stereocenters. The van der Waals surface area contributed by atoms with Gasteiger partial charge < -0.3 is 10.2 Å². The molecule has 5 heteroatoms. The fourth-order valence-corrected chi connectivity index (χ4v) is 2.30. The highest BCUT2D eigenvalue weighted by molar-refractivity contribution is 6.30. The molecule has 1 aliphatic rings. The van der Waals surface area contributed by atoms with Gasteiger partial charge in [-0.15, -0.1) is 0 Å². The van der Waals surface area contributed by atoms with E-state index in [-0.39, 0.29) is 17.9 Å². The molecule has 0 aromatic heterocycles. The van der Waals surface area contributed by atoms with Gasteiger partial charge in [0.15, 0.2) is 0 Å². The van der Waals surface area contributed by atoms with Crippen LogP contribution in [0.2, 0.25) is 5.02 Å². The smallest absolute Gasteiger partial charge is 0.296 e. The average Bonchev–Trinajstić information content (AvgIpc) is 2.87. The predicted molar refractivity (Wildman–Crippen MR) is 77.4 cm³/mol. The summed E-state index contributed by atoms with van der Waals surface area (Å²) >= 11 is 5.80. The zero-order valence-electron chi connectivity index (χ0n) is 11.1. The number of carbonyl (C=O) groups excluding carboxylic acids is 2. The molecule has 1 heterocycles. The van der Waals surface area contributed by atoms with Gasteiger partial charge in [-0.05, 0) is 43.5 Å². The molecule has 104 valence electrons. The van der Waals surface area contributed by atoms with Crippen LogP contribution in [0.1, 0.15) is 23.7 Å². The number of benzene rings is 1. The van der Waals surface area contributed by atoms with Crippen LogP contribution in [-0.2, 0) is 4.79 Å². The van der Waals surface area contributed by atoms with Crippen molar-refractivity contribution in [1.82, 2.24) is 10.2 Å². The van der Waals surface area contributed by atoms with Gasteiger partial charge in [0, 0.05) is 29.7 Å². The lowest BCUT2D eigenvalue weighted by Gasteiger charge is -2.16. The lowest BCUT2D eigenvalue weighted by atomic mass is 10.2. The number of hydrogen-bond donors (Lipinski definition) is 1. The Morgan fingerprint density at radius 1 is 1.35 bits per heavy atom. The second-order valence-corrected chi connectivity index (χ2v) is 5.03. The molecule has 1 N–H and O–H groups in total. The number of halogens is 1. The number of nitrogens with one attached hydrogen (secondary N) is 1. The first-order valence-electron chi connectivity index (χ1n) is 6.38. The molecule has 20 heavy (non-hydrogen) atoms. The Kier molecular flexibility index (Phi) is 4.65. The molecule has 0 bridgehead atoms. The fraction of sp³-hybridized carbons (Fsp3) is 0.333. The first-order valence-corrected chi connectivity index (χ1v) is 6.76. The van der Waals surface area contributed by atoms with E-state index in [9.17, 15) is 9.59 Å². The summed E-state index contributed by atoms with van der Waals surface area (Å²) in [6.07, 6.45) is 0.746. The van der Waals surface area contributed by atoms with Gasteiger partial charge >= 0.3 is 0 Å². The van der Waals surface area contributed by atoms with Crippen LogP contribution in [-0.4, -0.2) is 35.8 Å². The minimum Gasteiger partial charge on any atom is -0.341 e. The standard InChI is InChI=1S/C15H15ClN2O2/c1-2-3-14(19)17-13-8-9-18(10-13)15(20)11-4-6-12(16)7-5-11/h4-7,13H,8-10H2,1H3,(H,17,19). The third-order valence-electron chi connectivity index (χ3n) is 3.14. The maximum absolute atomic E-state index is 12.3. The van der Waals surface area contributed by atoms with Crippen molar-refractivity contribution < 1.29 is 9.59 Å². The monoisotopic (exact) mass is 290 g/mol. The summed E-state index contributed by atoms with van der Waals surface area (Å²) < 4.78 is 0. The lowest BCUT2D eigenvalue weighted by molar-refractivity contribution is -0.116. The van der Waals surface area contributed by atoms with E-state index in [4.69, 9.17) is 11.6 Å². The highest BCUT2D eigenvalue weighted by Crippen LogP contribution is 2.15. The number of nitrogens with zero attached hydrogens (tertiary/aromatic N) is 1. The van der Waals surface area contributed by atoms with Crippen molar-refractivity contribution in [3.63, 3.8) is 0 Å². The summed E-state index contributed by atoms with van der Waals surface area (Å²) in [6, 6.07) is 6.78. The van der Waals surface area contributed by atoms with Crippen LogP contribution in [0.3, 0.4) is 0 Å². The first kappa shape index (κ1) is 14.4. The molecule has 2 rings (SSSR count). The normalized spacial score (nSPS) is 17.3. The Bertz CT molecular complexity index is 572. The summed E-state index contributed by atoms with van der Waals surface area (Å²) in [5.41, 5.74) is 0.606. The van der Waals surface area contributed by atoms with Gasteiger partial charge in [0.1, 0.15) is 0 Å². The van der Waals surface area contributed by atoms with E-state index in [1.54, 1.807) is 36.1 Å². The van der Waals surface area contributed by atoms with Crippen LogP contribution in [0.25, 0.3) is 0 Å². The lowest BCUT2D eigenvalue weighted by Crippen LogP contribution is -2.37. The Hall–Kier alpha value is -1.99. The minimum atomic E-state index is -0.293. The maximum Gasteiger partial charge on any atom is 0.296 e. The molecular formula is C15H15ClN2O2. The maximum atomic E-state index is 12.3. The third kappa shape index (κ3) is 3.52. The van der Waals surface area contributed by atoms with Crippen LogP contribution < -0.4 is 5.32 Å². The number of likely N-dealkylation sites (tertiary alicyclic amines) is 1. The van der Waals surface area contributed by atoms with Crippen LogP contribution in [0.4, 0.5) is 0 Å². The molecule has 0 radical (unpaired) electrons. The van der Waals surface area contributed by atoms with Gasteiger partial charge in [-0.2, -0.15) is 0 Å².